The molecule has 6 heteroatoms. The van der Waals surface area contributed by atoms with Crippen molar-refractivity contribution in [2.75, 3.05) is 30.9 Å². The number of esters is 1. The quantitative estimate of drug-likeness (QED) is 0.720. The van der Waals surface area contributed by atoms with Gasteiger partial charge in [0.15, 0.2) is 0 Å². The summed E-state index contributed by atoms with van der Waals surface area (Å²) in [6, 6.07) is 14.3. The van der Waals surface area contributed by atoms with Gasteiger partial charge in [-0.2, -0.15) is 0 Å². The van der Waals surface area contributed by atoms with Crippen LogP contribution < -0.4 is 15.4 Å². The van der Waals surface area contributed by atoms with E-state index < -0.39 is 5.97 Å². The van der Waals surface area contributed by atoms with Gasteiger partial charge < -0.3 is 20.1 Å². The van der Waals surface area contributed by atoms with Crippen molar-refractivity contribution in [2.24, 2.45) is 0 Å². The van der Waals surface area contributed by atoms with Crippen LogP contribution in [0.4, 0.5) is 11.4 Å². The summed E-state index contributed by atoms with van der Waals surface area (Å²) in [5, 5.41) is 5.93. The molecule has 132 valence electrons. The summed E-state index contributed by atoms with van der Waals surface area (Å²) in [4.78, 5) is 23.9. The maximum atomic E-state index is 12.1. The fourth-order valence-electron chi connectivity index (χ4n) is 2.30. The highest BCUT2D eigenvalue weighted by Crippen LogP contribution is 2.23. The standard InChI is InChI=1S/C19H22N2O4/c1-3-25-17-11-7-6-10-16(17)21-18(22)12-13-20-15-9-5-4-8-14(15)19(23)24-2/h4-11,20H,3,12-13H2,1-2H3,(H,21,22). The molecule has 1 amide bonds. The average molecular weight is 342 g/mol. The van der Waals surface area contributed by atoms with Crippen molar-refractivity contribution in [3.8, 4) is 5.75 Å². The Kier molecular flexibility index (Phi) is 6.83. The second-order valence-corrected chi connectivity index (χ2v) is 5.19. The van der Waals surface area contributed by atoms with Gasteiger partial charge in [-0.05, 0) is 31.2 Å². The van der Waals surface area contributed by atoms with E-state index in [2.05, 4.69) is 10.6 Å². The fourth-order valence-corrected chi connectivity index (χ4v) is 2.30. The van der Waals surface area contributed by atoms with E-state index in [0.717, 1.165) is 0 Å². The molecule has 25 heavy (non-hydrogen) atoms. The lowest BCUT2D eigenvalue weighted by atomic mass is 10.1. The van der Waals surface area contributed by atoms with E-state index in [4.69, 9.17) is 9.47 Å². The zero-order valence-electron chi connectivity index (χ0n) is 14.4. The van der Waals surface area contributed by atoms with Crippen molar-refractivity contribution in [1.29, 1.82) is 0 Å². The fraction of sp³-hybridized carbons (Fsp3) is 0.263. The van der Waals surface area contributed by atoms with Gasteiger partial charge in [-0.3, -0.25) is 4.79 Å². The predicted octanol–water partition coefficient (Wildman–Crippen LogP) is 3.31. The molecule has 0 aromatic heterocycles. The van der Waals surface area contributed by atoms with Crippen LogP contribution in [0.3, 0.4) is 0 Å². The number of carbonyl (C=O) groups is 2. The van der Waals surface area contributed by atoms with Crippen molar-refractivity contribution in [2.45, 2.75) is 13.3 Å². The molecule has 2 N–H and O–H groups in total. The van der Waals surface area contributed by atoms with E-state index in [9.17, 15) is 9.59 Å². The number of methoxy groups -OCH3 is 1. The molecule has 0 atom stereocenters. The van der Waals surface area contributed by atoms with Crippen LogP contribution in [0.15, 0.2) is 48.5 Å². The van der Waals surface area contributed by atoms with Crippen molar-refractivity contribution in [3.05, 3.63) is 54.1 Å². The van der Waals surface area contributed by atoms with E-state index in [1.54, 1.807) is 24.3 Å². The minimum Gasteiger partial charge on any atom is -0.492 e. The number of ether oxygens (including phenoxy) is 2. The van der Waals surface area contributed by atoms with E-state index in [1.165, 1.54) is 7.11 Å². The lowest BCUT2D eigenvalue weighted by Crippen LogP contribution is -2.17. The Morgan fingerprint density at radius 3 is 2.40 bits per heavy atom. The third-order valence-corrected chi connectivity index (χ3v) is 3.46. The summed E-state index contributed by atoms with van der Waals surface area (Å²) in [5.41, 5.74) is 1.72. The van der Waals surface area contributed by atoms with Gasteiger partial charge in [-0.25, -0.2) is 4.79 Å². The molecule has 0 spiro atoms. The van der Waals surface area contributed by atoms with Gasteiger partial charge in [0.2, 0.25) is 5.91 Å². The smallest absolute Gasteiger partial charge is 0.339 e. The number of anilines is 2. The molecule has 0 radical (unpaired) electrons. The Labute approximate surface area is 147 Å². The molecule has 2 aromatic rings. The zero-order valence-corrected chi connectivity index (χ0v) is 14.4. The molecule has 0 aliphatic heterocycles. The average Bonchev–Trinajstić information content (AvgIpc) is 2.63. The van der Waals surface area contributed by atoms with Gasteiger partial charge in [-0.1, -0.05) is 24.3 Å². The van der Waals surface area contributed by atoms with E-state index in [0.29, 0.717) is 35.8 Å². The van der Waals surface area contributed by atoms with Crippen LogP contribution in [0.1, 0.15) is 23.7 Å². The molecule has 2 aromatic carbocycles. The first-order valence-electron chi connectivity index (χ1n) is 8.08. The lowest BCUT2D eigenvalue weighted by molar-refractivity contribution is -0.116. The second kappa shape index (κ2) is 9.32. The summed E-state index contributed by atoms with van der Waals surface area (Å²) in [6.45, 7) is 2.80. The van der Waals surface area contributed by atoms with Crippen molar-refractivity contribution in [1.82, 2.24) is 0 Å². The van der Waals surface area contributed by atoms with Crippen LogP contribution in [0.5, 0.6) is 5.75 Å². The van der Waals surface area contributed by atoms with Crippen molar-refractivity contribution >= 4 is 23.3 Å². The zero-order chi connectivity index (χ0) is 18.1. The highest BCUT2D eigenvalue weighted by Gasteiger charge is 2.11. The van der Waals surface area contributed by atoms with Crippen molar-refractivity contribution in [3.63, 3.8) is 0 Å². The van der Waals surface area contributed by atoms with Gasteiger partial charge in [0, 0.05) is 18.7 Å². The number of amides is 1. The highest BCUT2D eigenvalue weighted by molar-refractivity contribution is 5.96. The third-order valence-electron chi connectivity index (χ3n) is 3.46. The SMILES string of the molecule is CCOc1ccccc1NC(=O)CCNc1ccccc1C(=O)OC. The molecule has 0 saturated heterocycles. The van der Waals surface area contributed by atoms with Crippen LogP contribution in [0.25, 0.3) is 0 Å². The molecule has 0 aliphatic rings. The van der Waals surface area contributed by atoms with Crippen LogP contribution >= 0.6 is 0 Å². The maximum absolute atomic E-state index is 12.1. The monoisotopic (exact) mass is 342 g/mol. The summed E-state index contributed by atoms with van der Waals surface area (Å²) < 4.78 is 10.2. The van der Waals surface area contributed by atoms with Gasteiger partial charge >= 0.3 is 5.97 Å². The first-order valence-corrected chi connectivity index (χ1v) is 8.08. The van der Waals surface area contributed by atoms with E-state index in [1.807, 2.05) is 31.2 Å². The van der Waals surface area contributed by atoms with Gasteiger partial charge in [0.1, 0.15) is 5.75 Å². The summed E-state index contributed by atoms with van der Waals surface area (Å²) >= 11 is 0. The molecule has 0 unspecified atom stereocenters. The molecule has 0 bridgehead atoms. The minimum atomic E-state index is -0.418. The molecule has 0 aliphatic carbocycles. The van der Waals surface area contributed by atoms with Crippen LogP contribution in [-0.4, -0.2) is 32.1 Å². The minimum absolute atomic E-state index is 0.143. The number of carbonyl (C=O) groups excluding carboxylic acids is 2. The number of para-hydroxylation sites is 3. The number of nitrogens with one attached hydrogen (secondary N) is 2. The summed E-state index contributed by atoms with van der Waals surface area (Å²) in [7, 11) is 1.34. The molecule has 2 rings (SSSR count). The number of rotatable bonds is 8. The van der Waals surface area contributed by atoms with Gasteiger partial charge in [0.25, 0.3) is 0 Å². The summed E-state index contributed by atoms with van der Waals surface area (Å²) in [6.07, 6.45) is 0.246. The molecule has 0 fully saturated rings. The molecule has 0 heterocycles. The van der Waals surface area contributed by atoms with Crippen molar-refractivity contribution < 1.29 is 19.1 Å². The number of benzene rings is 2. The first kappa shape index (κ1) is 18.3. The predicted molar refractivity (Wildman–Crippen MR) is 97.1 cm³/mol. The normalized spacial score (nSPS) is 10.0. The largest absolute Gasteiger partial charge is 0.492 e. The van der Waals surface area contributed by atoms with Gasteiger partial charge in [-0.15, -0.1) is 0 Å². The Morgan fingerprint density at radius 1 is 1.00 bits per heavy atom. The first-order chi connectivity index (χ1) is 12.2. The number of hydrogen-bond acceptors (Lipinski definition) is 5. The van der Waals surface area contributed by atoms with E-state index >= 15 is 0 Å². The number of hydrogen-bond donors (Lipinski definition) is 2. The van der Waals surface area contributed by atoms with Crippen LogP contribution in [0.2, 0.25) is 0 Å². The van der Waals surface area contributed by atoms with Gasteiger partial charge in [0.05, 0.1) is 25.0 Å². The summed E-state index contributed by atoms with van der Waals surface area (Å²) in [5.74, 6) is 0.0794. The van der Waals surface area contributed by atoms with E-state index in [-0.39, 0.29) is 12.3 Å². The Balaban J connectivity index is 1.91. The molecular weight excluding hydrogens is 320 g/mol. The molecule has 0 saturated carbocycles. The Bertz CT molecular complexity index is 731. The van der Waals surface area contributed by atoms with Crippen LogP contribution in [0, 0.1) is 0 Å². The third kappa shape index (κ3) is 5.24. The molecule has 6 nitrogen and oxygen atoms in total. The Morgan fingerprint density at radius 2 is 1.68 bits per heavy atom. The topological polar surface area (TPSA) is 76.7 Å². The van der Waals surface area contributed by atoms with Crippen LogP contribution in [-0.2, 0) is 9.53 Å². The second-order valence-electron chi connectivity index (χ2n) is 5.19. The lowest BCUT2D eigenvalue weighted by Gasteiger charge is -2.12. The maximum Gasteiger partial charge on any atom is 0.339 e. The highest BCUT2D eigenvalue weighted by atomic mass is 16.5. The molecular formula is C19H22N2O4. The Hall–Kier alpha value is -3.02.